The zero-order valence-electron chi connectivity index (χ0n) is 23.7. The molecule has 0 bridgehead atoms. The highest BCUT2D eigenvalue weighted by atomic mass is 16.5. The van der Waals surface area contributed by atoms with E-state index in [2.05, 4.69) is 61.4 Å². The molecule has 1 amide bonds. The molecule has 2 saturated heterocycles. The van der Waals surface area contributed by atoms with Gasteiger partial charge in [-0.2, -0.15) is 4.98 Å². The van der Waals surface area contributed by atoms with Gasteiger partial charge in [-0.25, -0.2) is 4.98 Å². The molecule has 2 fully saturated rings. The first-order valence-electron chi connectivity index (χ1n) is 13.9. The molecule has 3 heterocycles. The van der Waals surface area contributed by atoms with Crippen LogP contribution in [0.3, 0.4) is 0 Å². The molecule has 2 aromatic carbocycles. The lowest BCUT2D eigenvalue weighted by atomic mass is 10.2. The van der Waals surface area contributed by atoms with Crippen molar-refractivity contribution in [2.24, 2.45) is 0 Å². The number of aromatic nitrogens is 2. The second-order valence-electron chi connectivity index (χ2n) is 10.1. The Bertz CT molecular complexity index is 1340. The van der Waals surface area contributed by atoms with Crippen molar-refractivity contribution in [2.45, 2.75) is 6.54 Å². The number of morpholine rings is 1. The number of carbonyl (C=O) groups excluding carboxylic acids is 1. The highest BCUT2D eigenvalue weighted by molar-refractivity contribution is 5.98. The van der Waals surface area contributed by atoms with Crippen LogP contribution in [-0.4, -0.2) is 87.4 Å². The Labute approximate surface area is 241 Å². The summed E-state index contributed by atoms with van der Waals surface area (Å²) in [6.07, 6.45) is 3.10. The first-order valence-corrected chi connectivity index (χ1v) is 13.9. The highest BCUT2D eigenvalue weighted by Gasteiger charge is 2.19. The summed E-state index contributed by atoms with van der Waals surface area (Å²) in [6.45, 7) is 10.9. The van der Waals surface area contributed by atoms with Crippen LogP contribution in [0.5, 0.6) is 5.75 Å². The maximum absolute atomic E-state index is 11.6. The van der Waals surface area contributed by atoms with Crippen LogP contribution >= 0.6 is 0 Å². The van der Waals surface area contributed by atoms with Crippen molar-refractivity contribution in [1.82, 2.24) is 14.9 Å². The molecular weight excluding hydrogens is 520 g/mol. The van der Waals surface area contributed by atoms with E-state index in [1.165, 1.54) is 6.08 Å². The lowest BCUT2D eigenvalue weighted by molar-refractivity contribution is -0.111. The molecule has 0 saturated carbocycles. The van der Waals surface area contributed by atoms with Crippen LogP contribution in [0.15, 0.2) is 61.3 Å². The summed E-state index contributed by atoms with van der Waals surface area (Å²) in [5, 5.41) is 9.61. The van der Waals surface area contributed by atoms with E-state index in [1.807, 2.05) is 36.5 Å². The Balaban J connectivity index is 1.33. The van der Waals surface area contributed by atoms with Crippen LogP contribution in [0, 0.1) is 0 Å². The average Bonchev–Trinajstić information content (AvgIpc) is 3.02. The van der Waals surface area contributed by atoms with E-state index < -0.39 is 0 Å². The third-order valence-electron chi connectivity index (χ3n) is 7.29. The van der Waals surface area contributed by atoms with Gasteiger partial charge in [-0.05, 0) is 43.0 Å². The molecule has 0 radical (unpaired) electrons. The van der Waals surface area contributed by atoms with E-state index in [9.17, 15) is 4.79 Å². The van der Waals surface area contributed by atoms with Crippen molar-refractivity contribution in [3.05, 3.63) is 66.9 Å². The number of amides is 1. The second-order valence-corrected chi connectivity index (χ2v) is 10.1. The van der Waals surface area contributed by atoms with E-state index >= 15 is 0 Å². The van der Waals surface area contributed by atoms with Crippen molar-refractivity contribution >= 4 is 40.4 Å². The summed E-state index contributed by atoms with van der Waals surface area (Å²) < 4.78 is 11.3. The van der Waals surface area contributed by atoms with Crippen LogP contribution in [0.1, 0.15) is 5.56 Å². The third-order valence-corrected chi connectivity index (χ3v) is 7.29. The van der Waals surface area contributed by atoms with E-state index in [0.29, 0.717) is 31.4 Å². The number of carbonyl (C=O) groups is 1. The molecule has 1 aromatic heterocycles. The summed E-state index contributed by atoms with van der Waals surface area (Å²) in [4.78, 5) is 28.0. The number of likely N-dealkylation sites (N-methyl/N-ethyl adjacent to an activating group) is 1. The van der Waals surface area contributed by atoms with Gasteiger partial charge in [0.1, 0.15) is 5.75 Å². The predicted molar refractivity (Wildman–Crippen MR) is 164 cm³/mol. The standard InChI is InChI=1S/C30H38N8O3/c1-4-28(39)33-23-7-5-22(6-8-23)20-31-29-26(38-15-17-41-18-16-38)21-32-30(35-29)34-25-10-9-24(19-27(25)40-3)37-13-11-36(2)12-14-37/h4-10,19,21H,1,11-18,20H2,2-3H3,(H,33,39)(H2,31,32,34,35). The largest absolute Gasteiger partial charge is 0.494 e. The molecule has 5 rings (SSSR count). The fraction of sp³-hybridized carbons (Fsp3) is 0.367. The molecule has 2 aliphatic rings. The van der Waals surface area contributed by atoms with Gasteiger partial charge in [0.25, 0.3) is 0 Å². The number of hydrogen-bond donors (Lipinski definition) is 3. The summed E-state index contributed by atoms with van der Waals surface area (Å²) in [6, 6.07) is 13.9. The summed E-state index contributed by atoms with van der Waals surface area (Å²) in [5.41, 5.74) is 4.62. The molecule has 41 heavy (non-hydrogen) atoms. The number of hydrogen-bond acceptors (Lipinski definition) is 10. The normalized spacial score (nSPS) is 15.8. The van der Waals surface area contributed by atoms with Gasteiger partial charge in [0.2, 0.25) is 11.9 Å². The van der Waals surface area contributed by atoms with Crippen molar-refractivity contribution in [1.29, 1.82) is 0 Å². The number of nitrogens with one attached hydrogen (secondary N) is 3. The van der Waals surface area contributed by atoms with Crippen LogP contribution in [0.4, 0.5) is 34.5 Å². The van der Waals surface area contributed by atoms with E-state index in [0.717, 1.165) is 73.5 Å². The molecule has 3 aromatic rings. The minimum atomic E-state index is -0.238. The fourth-order valence-corrected chi connectivity index (χ4v) is 4.85. The molecule has 3 N–H and O–H groups in total. The topological polar surface area (TPSA) is 107 Å². The van der Waals surface area contributed by atoms with Gasteiger partial charge in [0.05, 0.1) is 37.9 Å². The van der Waals surface area contributed by atoms with Crippen molar-refractivity contribution in [2.75, 3.05) is 92.4 Å². The third kappa shape index (κ3) is 7.24. The number of anilines is 6. The minimum absolute atomic E-state index is 0.238. The van der Waals surface area contributed by atoms with Gasteiger partial charge in [0, 0.05) is 63.3 Å². The zero-order chi connectivity index (χ0) is 28.6. The number of methoxy groups -OCH3 is 1. The van der Waals surface area contributed by atoms with Crippen LogP contribution in [0.25, 0.3) is 0 Å². The molecule has 2 aliphatic heterocycles. The maximum Gasteiger partial charge on any atom is 0.247 e. The Morgan fingerprint density at radius 1 is 1.05 bits per heavy atom. The van der Waals surface area contributed by atoms with E-state index in [4.69, 9.17) is 14.5 Å². The zero-order valence-corrected chi connectivity index (χ0v) is 23.7. The van der Waals surface area contributed by atoms with Crippen molar-refractivity contribution < 1.29 is 14.3 Å². The van der Waals surface area contributed by atoms with Gasteiger partial charge in [-0.1, -0.05) is 18.7 Å². The fourth-order valence-electron chi connectivity index (χ4n) is 4.85. The van der Waals surface area contributed by atoms with Gasteiger partial charge in [-0.3, -0.25) is 4.79 Å². The SMILES string of the molecule is C=CC(=O)Nc1ccc(CNc2nc(Nc3ccc(N4CCN(C)CC4)cc3OC)ncc2N2CCOCC2)cc1. The molecule has 0 spiro atoms. The van der Waals surface area contributed by atoms with E-state index in [-0.39, 0.29) is 5.91 Å². The van der Waals surface area contributed by atoms with Gasteiger partial charge in [0.15, 0.2) is 5.82 Å². The summed E-state index contributed by atoms with van der Waals surface area (Å²) >= 11 is 0. The number of nitrogens with zero attached hydrogens (tertiary/aromatic N) is 5. The van der Waals surface area contributed by atoms with Gasteiger partial charge in [-0.15, -0.1) is 0 Å². The summed E-state index contributed by atoms with van der Waals surface area (Å²) in [7, 11) is 3.83. The number of rotatable bonds is 10. The number of piperazine rings is 1. The number of benzene rings is 2. The minimum Gasteiger partial charge on any atom is -0.494 e. The molecule has 0 unspecified atom stereocenters. The monoisotopic (exact) mass is 558 g/mol. The average molecular weight is 559 g/mol. The quantitative estimate of drug-likeness (QED) is 0.320. The Kier molecular flexibility index (Phi) is 9.17. The first-order chi connectivity index (χ1) is 20.0. The summed E-state index contributed by atoms with van der Waals surface area (Å²) in [5.74, 6) is 1.69. The van der Waals surface area contributed by atoms with Crippen LogP contribution in [0.2, 0.25) is 0 Å². The molecule has 11 nitrogen and oxygen atoms in total. The Morgan fingerprint density at radius 2 is 1.80 bits per heavy atom. The predicted octanol–water partition coefficient (Wildman–Crippen LogP) is 3.55. The lowest BCUT2D eigenvalue weighted by Gasteiger charge is -2.34. The van der Waals surface area contributed by atoms with E-state index in [1.54, 1.807) is 7.11 Å². The van der Waals surface area contributed by atoms with Gasteiger partial charge >= 0.3 is 0 Å². The Morgan fingerprint density at radius 3 is 2.51 bits per heavy atom. The molecule has 216 valence electrons. The van der Waals surface area contributed by atoms with Crippen molar-refractivity contribution in [3.8, 4) is 5.75 Å². The lowest BCUT2D eigenvalue weighted by Crippen LogP contribution is -2.44. The number of ether oxygens (including phenoxy) is 2. The maximum atomic E-state index is 11.6. The molecule has 0 atom stereocenters. The second kappa shape index (κ2) is 13.3. The smallest absolute Gasteiger partial charge is 0.247 e. The van der Waals surface area contributed by atoms with Crippen LogP contribution in [-0.2, 0) is 16.1 Å². The van der Waals surface area contributed by atoms with Crippen LogP contribution < -0.4 is 30.5 Å². The van der Waals surface area contributed by atoms with Gasteiger partial charge < -0.3 is 40.1 Å². The highest BCUT2D eigenvalue weighted by Crippen LogP contribution is 2.33. The Hall–Kier alpha value is -4.35. The first kappa shape index (κ1) is 28.2. The van der Waals surface area contributed by atoms with Crippen molar-refractivity contribution in [3.63, 3.8) is 0 Å². The molecule has 11 heteroatoms. The molecule has 0 aliphatic carbocycles. The molecular formula is C30H38N8O3.